The first kappa shape index (κ1) is 26.8. The summed E-state index contributed by atoms with van der Waals surface area (Å²) in [6, 6.07) is 0. The maximum Gasteiger partial charge on any atom is 0.394 e. The Morgan fingerprint density at radius 2 is 1.33 bits per heavy atom. The Balaban J connectivity index is 0. The van der Waals surface area contributed by atoms with Crippen LogP contribution in [0.15, 0.2) is 20.4 Å². The fourth-order valence-electron chi connectivity index (χ4n) is 1.13. The molecule has 17 nitrogen and oxygen atoms in total. The molecule has 27 heavy (non-hydrogen) atoms. The Kier molecular flexibility index (Phi) is 12.7. The van der Waals surface area contributed by atoms with Gasteiger partial charge in [-0.15, -0.1) is 15.3 Å². The maximum absolute atomic E-state index is 9.88. The molecule has 0 aliphatic rings. The van der Waals surface area contributed by atoms with Gasteiger partial charge < -0.3 is 48.5 Å². The number of guanidine groups is 2. The number of aliphatic hydroxyl groups excluding tert-OH is 5. The van der Waals surface area contributed by atoms with E-state index in [4.69, 9.17) is 45.6 Å². The number of hydrogen-bond acceptors (Lipinski definition) is 11. The second kappa shape index (κ2) is 12.8. The molecule has 0 aromatic heterocycles. The molecule has 4 unspecified atom stereocenters. The van der Waals surface area contributed by atoms with Crippen LogP contribution in [0.1, 0.15) is 0 Å². The summed E-state index contributed by atoms with van der Waals surface area (Å²) in [7, 11) is -4.67. The Morgan fingerprint density at radius 3 is 1.70 bits per heavy atom. The van der Waals surface area contributed by atoms with Crippen LogP contribution in [0.25, 0.3) is 0 Å². The van der Waals surface area contributed by atoms with Crippen molar-refractivity contribution in [1.29, 1.82) is 0 Å². The normalized spacial score (nSPS) is 16.5. The molecule has 0 saturated heterocycles. The number of nitrogens with zero attached hydrogens (tertiary/aromatic N) is 4. The summed E-state index contributed by atoms with van der Waals surface area (Å²) < 4.78 is 31.6. The molecule has 0 aromatic carbocycles. The highest BCUT2D eigenvalue weighted by Gasteiger charge is 2.32. The van der Waals surface area contributed by atoms with Crippen LogP contribution < -0.4 is 22.9 Å². The SMILES string of the molecule is NC(N)=NN=C/C(=N\N=C(N)N)C(O)C(O)C(O)C(O)CO.O=S(=O)(O)O. The van der Waals surface area contributed by atoms with Crippen molar-refractivity contribution in [3.8, 4) is 0 Å². The van der Waals surface area contributed by atoms with Crippen molar-refractivity contribution < 1.29 is 43.1 Å². The fourth-order valence-corrected chi connectivity index (χ4v) is 1.13. The highest BCUT2D eigenvalue weighted by atomic mass is 32.3. The summed E-state index contributed by atoms with van der Waals surface area (Å²) in [5, 5.41) is 60.3. The average Bonchev–Trinajstić information content (AvgIpc) is 2.53. The highest BCUT2D eigenvalue weighted by Crippen LogP contribution is 2.07. The molecule has 4 atom stereocenters. The number of aliphatic hydroxyl groups is 5. The molecular formula is C9H22N8O9S. The smallest absolute Gasteiger partial charge is 0.394 e. The van der Waals surface area contributed by atoms with Crippen LogP contribution in [0.2, 0.25) is 0 Å². The molecule has 18 heteroatoms. The van der Waals surface area contributed by atoms with Gasteiger partial charge in [0, 0.05) is 0 Å². The van der Waals surface area contributed by atoms with Gasteiger partial charge in [0.15, 0.2) is 0 Å². The topological polar surface area (TPSA) is 329 Å². The molecule has 0 aliphatic heterocycles. The van der Waals surface area contributed by atoms with Crippen LogP contribution >= 0.6 is 0 Å². The highest BCUT2D eigenvalue weighted by molar-refractivity contribution is 7.79. The second-order valence-corrected chi connectivity index (χ2v) is 5.34. The van der Waals surface area contributed by atoms with E-state index >= 15 is 0 Å². The largest absolute Gasteiger partial charge is 0.394 e. The minimum Gasteiger partial charge on any atom is -0.394 e. The average molecular weight is 418 g/mol. The van der Waals surface area contributed by atoms with Gasteiger partial charge in [-0.3, -0.25) is 9.11 Å². The zero-order valence-corrected chi connectivity index (χ0v) is 14.4. The molecule has 0 aromatic rings. The van der Waals surface area contributed by atoms with Crippen LogP contribution in [0.5, 0.6) is 0 Å². The fraction of sp³-hybridized carbons (Fsp3) is 0.556. The van der Waals surface area contributed by atoms with Crippen LogP contribution in [0.4, 0.5) is 0 Å². The first-order valence-corrected chi connectivity index (χ1v) is 7.91. The third-order valence-electron chi connectivity index (χ3n) is 2.20. The van der Waals surface area contributed by atoms with Gasteiger partial charge in [0.25, 0.3) is 0 Å². The third-order valence-corrected chi connectivity index (χ3v) is 2.20. The second-order valence-electron chi connectivity index (χ2n) is 4.44. The van der Waals surface area contributed by atoms with E-state index in [1.54, 1.807) is 0 Å². The predicted molar refractivity (Wildman–Crippen MR) is 92.8 cm³/mol. The lowest BCUT2D eigenvalue weighted by Gasteiger charge is -2.25. The summed E-state index contributed by atoms with van der Waals surface area (Å²) in [6.45, 7) is -0.840. The van der Waals surface area contributed by atoms with E-state index in [1.807, 2.05) is 0 Å². The monoisotopic (exact) mass is 418 g/mol. The molecular weight excluding hydrogens is 396 g/mol. The van der Waals surface area contributed by atoms with Crippen molar-refractivity contribution in [2.75, 3.05) is 6.61 Å². The molecule has 15 N–H and O–H groups in total. The standard InChI is InChI=1S/C9H20N8O5.H2O4S/c10-8(11)16-14-1-3(15-17-9(12)13)5(20)7(22)6(21)4(19)2-18;1-5(2,3)4/h1,4-7,18-22H,2H2,(H4,10,11,16)(H4,12,13,17);(H2,1,2,3,4)/b14-1?,15-3+;. The molecule has 158 valence electrons. The van der Waals surface area contributed by atoms with Gasteiger partial charge in [0.1, 0.15) is 30.1 Å². The number of hydrogen-bond donors (Lipinski definition) is 11. The first-order chi connectivity index (χ1) is 12.2. The van der Waals surface area contributed by atoms with Crippen LogP contribution in [-0.4, -0.2) is 97.9 Å². The minimum absolute atomic E-state index is 0.386. The van der Waals surface area contributed by atoms with Gasteiger partial charge in [-0.05, 0) is 0 Å². The van der Waals surface area contributed by atoms with E-state index in [0.717, 1.165) is 6.21 Å². The number of rotatable bonds is 8. The van der Waals surface area contributed by atoms with Gasteiger partial charge >= 0.3 is 10.4 Å². The predicted octanol–water partition coefficient (Wildman–Crippen LogP) is -6.34. The van der Waals surface area contributed by atoms with Crippen LogP contribution in [0, 0.1) is 0 Å². The molecule has 0 aliphatic carbocycles. The summed E-state index contributed by atoms with van der Waals surface area (Å²) in [6.07, 6.45) is -6.54. The van der Waals surface area contributed by atoms with E-state index in [-0.39, 0.29) is 5.96 Å². The Labute approximate surface area is 152 Å². The molecule has 0 spiro atoms. The molecule has 0 heterocycles. The lowest BCUT2D eigenvalue weighted by atomic mass is 10.0. The molecule has 0 amide bonds. The van der Waals surface area contributed by atoms with Gasteiger partial charge in [-0.2, -0.15) is 13.5 Å². The zero-order valence-electron chi connectivity index (χ0n) is 13.5. The van der Waals surface area contributed by atoms with Crippen molar-refractivity contribution in [2.24, 2.45) is 43.3 Å². The van der Waals surface area contributed by atoms with Gasteiger partial charge in [-0.1, -0.05) is 0 Å². The van der Waals surface area contributed by atoms with Gasteiger partial charge in [0.2, 0.25) is 11.9 Å². The van der Waals surface area contributed by atoms with E-state index in [2.05, 4.69) is 20.4 Å². The Hall–Kier alpha value is -2.45. The van der Waals surface area contributed by atoms with Gasteiger partial charge in [0.05, 0.1) is 12.8 Å². The van der Waals surface area contributed by atoms with E-state index in [9.17, 15) is 20.4 Å². The first-order valence-electron chi connectivity index (χ1n) is 6.52. The number of nitrogens with two attached hydrogens (primary N) is 4. The van der Waals surface area contributed by atoms with Crippen molar-refractivity contribution >= 4 is 34.2 Å². The summed E-state index contributed by atoms with van der Waals surface area (Å²) in [5.74, 6) is -0.839. The Morgan fingerprint density at radius 1 is 0.889 bits per heavy atom. The van der Waals surface area contributed by atoms with Crippen molar-refractivity contribution in [2.45, 2.75) is 24.4 Å². The van der Waals surface area contributed by atoms with Crippen molar-refractivity contribution in [3.63, 3.8) is 0 Å². The zero-order chi connectivity index (χ0) is 21.8. The van der Waals surface area contributed by atoms with E-state index in [1.165, 1.54) is 0 Å². The van der Waals surface area contributed by atoms with Crippen LogP contribution in [-0.2, 0) is 10.4 Å². The van der Waals surface area contributed by atoms with Gasteiger partial charge in [-0.25, -0.2) is 0 Å². The minimum atomic E-state index is -4.67. The quantitative estimate of drug-likeness (QED) is 0.0756. The van der Waals surface area contributed by atoms with Crippen LogP contribution in [0.3, 0.4) is 0 Å². The van der Waals surface area contributed by atoms with Crippen molar-refractivity contribution in [3.05, 3.63) is 0 Å². The lowest BCUT2D eigenvalue weighted by Crippen LogP contribution is -2.49. The molecule has 0 bridgehead atoms. The summed E-state index contributed by atoms with van der Waals surface area (Å²) in [4.78, 5) is 0. The van der Waals surface area contributed by atoms with E-state index < -0.39 is 53.1 Å². The summed E-state index contributed by atoms with van der Waals surface area (Å²) >= 11 is 0. The molecule has 0 rings (SSSR count). The maximum atomic E-state index is 9.88. The molecule has 0 radical (unpaired) electrons. The van der Waals surface area contributed by atoms with E-state index in [0.29, 0.717) is 0 Å². The Bertz CT molecular complexity index is 648. The molecule has 0 fully saturated rings. The summed E-state index contributed by atoms with van der Waals surface area (Å²) in [5.41, 5.74) is 19.8. The lowest BCUT2D eigenvalue weighted by molar-refractivity contribution is -0.100. The van der Waals surface area contributed by atoms with Crippen molar-refractivity contribution in [1.82, 2.24) is 0 Å². The molecule has 0 saturated carbocycles. The third kappa shape index (κ3) is 15.5.